The fourth-order valence-electron chi connectivity index (χ4n) is 5.29. The molecular weight excluding hydrogens is 674 g/mol. The van der Waals surface area contributed by atoms with Gasteiger partial charge in [0.2, 0.25) is 0 Å². The SMILES string of the molecule is COC(=O)[C@H](CCCCN)CC(=O)[C@H](CCCCN(CC(=O)OC(C)(C)C)CC(=O)OC(C)(C)C)N(CC(=O)OC(C)(C)C)CC(=O)OC(C)(C)C. The molecule has 2 N–H and O–H groups in total. The van der Waals surface area contributed by atoms with Gasteiger partial charge >= 0.3 is 29.8 Å². The van der Waals surface area contributed by atoms with E-state index < -0.39 is 64.2 Å². The topological polar surface area (TPSA) is 181 Å². The van der Waals surface area contributed by atoms with E-state index >= 15 is 0 Å². The van der Waals surface area contributed by atoms with Gasteiger partial charge in [0.1, 0.15) is 22.4 Å². The highest BCUT2D eigenvalue weighted by molar-refractivity contribution is 5.89. The van der Waals surface area contributed by atoms with Gasteiger partial charge in [0.15, 0.2) is 5.78 Å². The fourth-order valence-corrected chi connectivity index (χ4v) is 5.29. The van der Waals surface area contributed by atoms with Crippen LogP contribution in [0.3, 0.4) is 0 Å². The summed E-state index contributed by atoms with van der Waals surface area (Å²) in [6.45, 7) is 20.4. The largest absolute Gasteiger partial charge is 0.469 e. The van der Waals surface area contributed by atoms with Gasteiger partial charge in [0.05, 0.1) is 45.2 Å². The van der Waals surface area contributed by atoms with Crippen LogP contribution in [0.4, 0.5) is 0 Å². The maximum absolute atomic E-state index is 14.2. The fraction of sp³-hybridized carbons (Fsp3) is 0.842. The van der Waals surface area contributed by atoms with E-state index in [0.717, 1.165) is 0 Å². The summed E-state index contributed by atoms with van der Waals surface area (Å²) in [5, 5.41) is 0. The quantitative estimate of drug-likeness (QED) is 0.0938. The van der Waals surface area contributed by atoms with E-state index in [0.29, 0.717) is 38.6 Å². The summed E-state index contributed by atoms with van der Waals surface area (Å²) in [5.74, 6) is -3.91. The Balaban J connectivity index is 6.45. The van der Waals surface area contributed by atoms with Gasteiger partial charge in [-0.1, -0.05) is 12.8 Å². The van der Waals surface area contributed by atoms with Crippen molar-refractivity contribution in [3.63, 3.8) is 0 Å². The highest BCUT2D eigenvalue weighted by Gasteiger charge is 2.34. The van der Waals surface area contributed by atoms with Crippen molar-refractivity contribution in [3.8, 4) is 0 Å². The van der Waals surface area contributed by atoms with Crippen LogP contribution in [0.5, 0.6) is 0 Å². The molecule has 0 saturated carbocycles. The molecule has 0 unspecified atom stereocenters. The van der Waals surface area contributed by atoms with E-state index in [1.807, 2.05) is 0 Å². The van der Waals surface area contributed by atoms with Crippen molar-refractivity contribution < 1.29 is 52.5 Å². The number of ketones is 1. The van der Waals surface area contributed by atoms with Crippen molar-refractivity contribution in [2.75, 3.05) is 46.4 Å². The first-order chi connectivity index (χ1) is 23.6. The third-order valence-electron chi connectivity index (χ3n) is 7.05. The number of nitrogens with two attached hydrogens (primary N) is 1. The van der Waals surface area contributed by atoms with Crippen molar-refractivity contribution in [1.82, 2.24) is 9.80 Å². The molecule has 14 heteroatoms. The third-order valence-corrected chi connectivity index (χ3v) is 7.05. The standard InChI is InChI=1S/C38H69N3O11/c1-35(2,3)49-30(43)23-40(24-31(44)50-36(4,5)6)21-17-15-19-28(29(42)22-27(34(47)48-13)18-14-16-20-39)41(25-32(45)51-37(7,8)9)26-33(46)52-38(10,11)12/h27-28H,14-26,39H2,1-13H3/t27-,28+/m1/s1. The minimum Gasteiger partial charge on any atom is -0.469 e. The summed E-state index contributed by atoms with van der Waals surface area (Å²) in [7, 11) is 1.26. The Kier molecular flexibility index (Phi) is 20.9. The van der Waals surface area contributed by atoms with Gasteiger partial charge in [-0.3, -0.25) is 38.6 Å². The van der Waals surface area contributed by atoms with E-state index in [4.69, 9.17) is 29.4 Å². The number of nitrogens with zero attached hydrogens (tertiary/aromatic N) is 2. The molecule has 14 nitrogen and oxygen atoms in total. The van der Waals surface area contributed by atoms with Crippen molar-refractivity contribution in [3.05, 3.63) is 0 Å². The average Bonchev–Trinajstić information content (AvgIpc) is 2.91. The number of hydrogen-bond acceptors (Lipinski definition) is 14. The summed E-state index contributed by atoms with van der Waals surface area (Å²) in [5.41, 5.74) is 2.57. The van der Waals surface area contributed by atoms with E-state index in [-0.39, 0.29) is 51.3 Å². The molecule has 2 atom stereocenters. The van der Waals surface area contributed by atoms with Gasteiger partial charge in [-0.15, -0.1) is 0 Å². The molecule has 0 heterocycles. The minimum atomic E-state index is -0.980. The van der Waals surface area contributed by atoms with E-state index in [9.17, 15) is 28.8 Å². The van der Waals surface area contributed by atoms with Crippen molar-refractivity contribution >= 4 is 35.6 Å². The molecule has 302 valence electrons. The monoisotopic (exact) mass is 743 g/mol. The van der Waals surface area contributed by atoms with Gasteiger partial charge in [-0.2, -0.15) is 0 Å². The normalized spacial score (nSPS) is 13.7. The molecule has 0 aliphatic carbocycles. The van der Waals surface area contributed by atoms with Crippen LogP contribution in [-0.4, -0.2) is 120 Å². The first-order valence-electron chi connectivity index (χ1n) is 18.3. The first-order valence-corrected chi connectivity index (χ1v) is 18.3. The highest BCUT2D eigenvalue weighted by Crippen LogP contribution is 2.22. The molecule has 0 radical (unpaired) electrons. The summed E-state index contributed by atoms with van der Waals surface area (Å²) in [4.78, 5) is 81.7. The molecule has 0 aliphatic rings. The minimum absolute atomic E-state index is 0.161. The van der Waals surface area contributed by atoms with Crippen LogP contribution >= 0.6 is 0 Å². The lowest BCUT2D eigenvalue weighted by atomic mass is 9.91. The van der Waals surface area contributed by atoms with Gasteiger partial charge in [-0.25, -0.2) is 0 Å². The second-order valence-electron chi connectivity index (χ2n) is 17.1. The van der Waals surface area contributed by atoms with E-state index in [1.165, 1.54) is 12.0 Å². The maximum Gasteiger partial charge on any atom is 0.320 e. The predicted molar refractivity (Wildman–Crippen MR) is 197 cm³/mol. The second kappa shape index (κ2) is 22.2. The molecule has 52 heavy (non-hydrogen) atoms. The Morgan fingerprint density at radius 1 is 0.558 bits per heavy atom. The van der Waals surface area contributed by atoms with Crippen LogP contribution in [0.15, 0.2) is 0 Å². The molecule has 0 aromatic rings. The Bertz CT molecular complexity index is 1100. The summed E-state index contributed by atoms with van der Waals surface area (Å²) in [6, 6.07) is -0.980. The Morgan fingerprint density at radius 2 is 0.942 bits per heavy atom. The zero-order chi connectivity index (χ0) is 40.5. The molecule has 0 spiro atoms. The third kappa shape index (κ3) is 25.0. The lowest BCUT2D eigenvalue weighted by molar-refractivity contribution is -0.163. The zero-order valence-corrected chi connectivity index (χ0v) is 34.3. The number of hydrogen-bond donors (Lipinski definition) is 1. The number of carbonyl (C=O) groups excluding carboxylic acids is 6. The number of esters is 5. The Labute approximate surface area is 312 Å². The number of carbonyl (C=O) groups is 6. The molecule has 0 amide bonds. The summed E-state index contributed by atoms with van der Waals surface area (Å²) < 4.78 is 27.1. The number of methoxy groups -OCH3 is 1. The highest BCUT2D eigenvalue weighted by atomic mass is 16.6. The van der Waals surface area contributed by atoms with E-state index in [2.05, 4.69) is 0 Å². The Hall–Kier alpha value is -3.10. The molecule has 0 saturated heterocycles. The van der Waals surface area contributed by atoms with Crippen molar-refractivity contribution in [2.45, 2.75) is 156 Å². The van der Waals surface area contributed by atoms with Gasteiger partial charge < -0.3 is 29.4 Å². The van der Waals surface area contributed by atoms with Gasteiger partial charge in [-0.05, 0) is 122 Å². The van der Waals surface area contributed by atoms with Crippen LogP contribution < -0.4 is 5.73 Å². The summed E-state index contributed by atoms with van der Waals surface area (Å²) in [6.07, 6.45) is 2.49. The molecule has 0 bridgehead atoms. The van der Waals surface area contributed by atoms with Gasteiger partial charge in [0, 0.05) is 6.42 Å². The van der Waals surface area contributed by atoms with Crippen LogP contribution in [0.1, 0.15) is 128 Å². The van der Waals surface area contributed by atoms with Crippen LogP contribution in [0.25, 0.3) is 0 Å². The average molecular weight is 744 g/mol. The van der Waals surface area contributed by atoms with Crippen LogP contribution in [0.2, 0.25) is 0 Å². The lowest BCUT2D eigenvalue weighted by Gasteiger charge is -2.32. The number of rotatable bonds is 22. The van der Waals surface area contributed by atoms with Crippen LogP contribution in [-0.2, 0) is 52.5 Å². The number of ether oxygens (including phenoxy) is 5. The maximum atomic E-state index is 14.2. The summed E-state index contributed by atoms with van der Waals surface area (Å²) >= 11 is 0. The molecular formula is C38H69N3O11. The smallest absolute Gasteiger partial charge is 0.320 e. The molecule has 0 rings (SSSR count). The van der Waals surface area contributed by atoms with Crippen LogP contribution in [0, 0.1) is 5.92 Å². The van der Waals surface area contributed by atoms with E-state index in [1.54, 1.807) is 88.0 Å². The molecule has 0 fully saturated rings. The Morgan fingerprint density at radius 3 is 1.31 bits per heavy atom. The first kappa shape index (κ1) is 48.9. The van der Waals surface area contributed by atoms with Crippen molar-refractivity contribution in [2.24, 2.45) is 11.7 Å². The lowest BCUT2D eigenvalue weighted by Crippen LogP contribution is -2.49. The second-order valence-corrected chi connectivity index (χ2v) is 17.1. The molecule has 0 aromatic carbocycles. The van der Waals surface area contributed by atoms with Gasteiger partial charge in [0.25, 0.3) is 0 Å². The van der Waals surface area contributed by atoms with Crippen molar-refractivity contribution in [1.29, 1.82) is 0 Å². The number of Topliss-reactive ketones (excluding diaryl/α,β-unsaturated/α-hetero) is 1. The predicted octanol–water partition coefficient (Wildman–Crippen LogP) is 4.37. The zero-order valence-electron chi connectivity index (χ0n) is 34.3. The number of unbranched alkanes of at least 4 members (excludes halogenated alkanes) is 2. The molecule has 0 aliphatic heterocycles. The molecule has 0 aromatic heterocycles.